The topological polar surface area (TPSA) is 128 Å². The number of methoxy groups -OCH3 is 1. The minimum absolute atomic E-state index is 0.0336. The van der Waals surface area contributed by atoms with Gasteiger partial charge in [-0.25, -0.2) is 8.42 Å². The van der Waals surface area contributed by atoms with Crippen LogP contribution in [-0.4, -0.2) is 52.3 Å². The van der Waals surface area contributed by atoms with Gasteiger partial charge in [-0.2, -0.15) is 0 Å². The lowest BCUT2D eigenvalue weighted by atomic mass is 10.3. The van der Waals surface area contributed by atoms with Gasteiger partial charge in [0.05, 0.1) is 30.5 Å². The van der Waals surface area contributed by atoms with Gasteiger partial charge in [-0.05, 0) is 30.3 Å². The molecule has 1 N–H and O–H groups in total. The number of sulfonamides is 1. The molecule has 0 bridgehead atoms. The highest BCUT2D eigenvalue weighted by molar-refractivity contribution is 7.92. The summed E-state index contributed by atoms with van der Waals surface area (Å²) in [6.07, 6.45) is 0.923. The monoisotopic (exact) mass is 423 g/mol. The maximum Gasteiger partial charge on any atom is 0.271 e. The number of nitrogens with zero attached hydrogens (tertiary/aromatic N) is 2. The van der Waals surface area contributed by atoms with Crippen LogP contribution < -0.4 is 19.1 Å². The molecule has 0 fully saturated rings. The smallest absolute Gasteiger partial charge is 0.271 e. The predicted molar refractivity (Wildman–Crippen MR) is 107 cm³/mol. The molecular formula is C18H21N3O7S. The molecule has 0 saturated heterocycles. The van der Waals surface area contributed by atoms with Crippen LogP contribution in [0.1, 0.15) is 0 Å². The highest BCUT2D eigenvalue weighted by atomic mass is 32.2. The highest BCUT2D eigenvalue weighted by Crippen LogP contribution is 2.23. The number of non-ortho nitro benzene ring substituents is 1. The van der Waals surface area contributed by atoms with Gasteiger partial charge in [0.1, 0.15) is 24.7 Å². The third-order valence-corrected chi connectivity index (χ3v) is 4.91. The van der Waals surface area contributed by atoms with Gasteiger partial charge >= 0.3 is 0 Å². The zero-order valence-corrected chi connectivity index (χ0v) is 16.7. The van der Waals surface area contributed by atoms with E-state index in [0.29, 0.717) is 11.5 Å². The van der Waals surface area contributed by atoms with Gasteiger partial charge in [0.15, 0.2) is 0 Å². The second-order valence-electron chi connectivity index (χ2n) is 5.92. The van der Waals surface area contributed by atoms with Crippen molar-refractivity contribution in [2.45, 2.75) is 0 Å². The van der Waals surface area contributed by atoms with Crippen LogP contribution in [0.4, 0.5) is 11.4 Å². The molecule has 0 aliphatic heterocycles. The number of anilines is 1. The molecule has 0 unspecified atom stereocenters. The van der Waals surface area contributed by atoms with Crippen LogP contribution in [0.15, 0.2) is 48.5 Å². The molecular weight excluding hydrogens is 402 g/mol. The van der Waals surface area contributed by atoms with Gasteiger partial charge in [-0.3, -0.25) is 19.2 Å². The Labute approximate surface area is 168 Å². The molecule has 0 aromatic heterocycles. The molecule has 0 aliphatic rings. The largest absolute Gasteiger partial charge is 0.497 e. The van der Waals surface area contributed by atoms with Crippen LogP contribution in [-0.2, 0) is 14.8 Å². The normalized spacial score (nSPS) is 10.8. The number of rotatable bonds is 10. The Morgan fingerprint density at radius 1 is 1.17 bits per heavy atom. The molecule has 1 amide bonds. The third-order valence-electron chi connectivity index (χ3n) is 3.77. The summed E-state index contributed by atoms with van der Waals surface area (Å²) in [6, 6.07) is 12.0. The first-order chi connectivity index (χ1) is 13.7. The van der Waals surface area contributed by atoms with Crippen molar-refractivity contribution in [1.82, 2.24) is 5.32 Å². The number of nitro groups is 1. The van der Waals surface area contributed by atoms with Crippen molar-refractivity contribution in [3.63, 3.8) is 0 Å². The Balaban J connectivity index is 1.93. The first-order valence-electron chi connectivity index (χ1n) is 8.46. The maximum absolute atomic E-state index is 12.2. The number of carbonyl (C=O) groups excluding carboxylic acids is 1. The Bertz CT molecular complexity index is 962. The molecule has 0 radical (unpaired) electrons. The van der Waals surface area contributed by atoms with Crippen molar-refractivity contribution < 1.29 is 27.6 Å². The van der Waals surface area contributed by atoms with E-state index < -0.39 is 27.4 Å². The van der Waals surface area contributed by atoms with Crippen molar-refractivity contribution in [3.05, 3.63) is 58.6 Å². The molecule has 2 aromatic carbocycles. The van der Waals surface area contributed by atoms with Crippen LogP contribution in [0, 0.1) is 10.1 Å². The van der Waals surface area contributed by atoms with Crippen LogP contribution in [0.2, 0.25) is 0 Å². The minimum Gasteiger partial charge on any atom is -0.497 e. The van der Waals surface area contributed by atoms with E-state index in [9.17, 15) is 23.3 Å². The number of benzene rings is 2. The van der Waals surface area contributed by atoms with E-state index in [1.54, 1.807) is 31.4 Å². The van der Waals surface area contributed by atoms with Gasteiger partial charge < -0.3 is 14.8 Å². The molecule has 0 aliphatic carbocycles. The summed E-state index contributed by atoms with van der Waals surface area (Å²) >= 11 is 0. The summed E-state index contributed by atoms with van der Waals surface area (Å²) in [5.41, 5.74) is -0.240. The molecule has 10 nitrogen and oxygen atoms in total. The summed E-state index contributed by atoms with van der Waals surface area (Å²) in [7, 11) is -2.27. The Hall–Kier alpha value is -3.34. The van der Waals surface area contributed by atoms with Gasteiger partial charge in [-0.1, -0.05) is 6.07 Å². The second kappa shape index (κ2) is 9.73. The third kappa shape index (κ3) is 6.64. The Kier molecular flexibility index (Phi) is 7.37. The van der Waals surface area contributed by atoms with Crippen LogP contribution >= 0.6 is 0 Å². The van der Waals surface area contributed by atoms with Crippen molar-refractivity contribution in [3.8, 4) is 11.5 Å². The number of hydrogen-bond donors (Lipinski definition) is 1. The fraction of sp³-hybridized carbons (Fsp3) is 0.278. The average molecular weight is 423 g/mol. The number of nitro benzene ring substituents is 1. The Morgan fingerprint density at radius 2 is 1.83 bits per heavy atom. The van der Waals surface area contributed by atoms with E-state index in [1.807, 2.05) is 0 Å². The summed E-state index contributed by atoms with van der Waals surface area (Å²) in [4.78, 5) is 22.4. The number of ether oxygens (including phenoxy) is 2. The summed E-state index contributed by atoms with van der Waals surface area (Å²) in [5.74, 6) is 0.710. The van der Waals surface area contributed by atoms with E-state index in [1.165, 1.54) is 18.2 Å². The zero-order chi connectivity index (χ0) is 21.4. The van der Waals surface area contributed by atoms with E-state index in [4.69, 9.17) is 9.47 Å². The molecule has 2 aromatic rings. The standard InChI is InChI=1S/C18H21N3O7S/c1-27-16-6-8-17(9-7-16)28-11-10-19-18(22)13-20(29(2,25)26)14-4-3-5-15(12-14)21(23)24/h3-9,12H,10-11,13H2,1-2H3,(H,19,22). The van der Waals surface area contributed by atoms with E-state index >= 15 is 0 Å². The molecule has 11 heteroatoms. The van der Waals surface area contributed by atoms with Crippen LogP contribution in [0.25, 0.3) is 0 Å². The first-order valence-corrected chi connectivity index (χ1v) is 10.3. The fourth-order valence-electron chi connectivity index (χ4n) is 2.38. The van der Waals surface area contributed by atoms with E-state index in [0.717, 1.165) is 16.6 Å². The maximum atomic E-state index is 12.2. The molecule has 2 rings (SSSR count). The second-order valence-corrected chi connectivity index (χ2v) is 7.83. The zero-order valence-electron chi connectivity index (χ0n) is 15.9. The van der Waals surface area contributed by atoms with Crippen molar-refractivity contribution in [1.29, 1.82) is 0 Å². The molecule has 0 atom stereocenters. The SMILES string of the molecule is COc1ccc(OCCNC(=O)CN(c2cccc([N+](=O)[O-])c2)S(C)(=O)=O)cc1. The van der Waals surface area contributed by atoms with Crippen molar-refractivity contribution in [2.24, 2.45) is 0 Å². The lowest BCUT2D eigenvalue weighted by molar-refractivity contribution is -0.384. The number of nitrogens with one attached hydrogen (secondary N) is 1. The van der Waals surface area contributed by atoms with Crippen molar-refractivity contribution >= 4 is 27.3 Å². The average Bonchev–Trinajstić information content (AvgIpc) is 2.69. The van der Waals surface area contributed by atoms with Gasteiger partial charge in [0, 0.05) is 12.1 Å². The number of hydrogen-bond acceptors (Lipinski definition) is 7. The minimum atomic E-state index is -3.83. The van der Waals surface area contributed by atoms with Crippen molar-refractivity contribution in [2.75, 3.05) is 37.4 Å². The number of amides is 1. The predicted octanol–water partition coefficient (Wildman–Crippen LogP) is 1.56. The lowest BCUT2D eigenvalue weighted by Gasteiger charge is -2.21. The van der Waals surface area contributed by atoms with E-state index in [-0.39, 0.29) is 24.5 Å². The molecule has 29 heavy (non-hydrogen) atoms. The van der Waals surface area contributed by atoms with Crippen LogP contribution in [0.3, 0.4) is 0 Å². The van der Waals surface area contributed by atoms with Crippen LogP contribution in [0.5, 0.6) is 11.5 Å². The molecule has 0 heterocycles. The fourth-order valence-corrected chi connectivity index (χ4v) is 3.23. The highest BCUT2D eigenvalue weighted by Gasteiger charge is 2.22. The number of carbonyl (C=O) groups is 1. The van der Waals surface area contributed by atoms with Gasteiger partial charge in [-0.15, -0.1) is 0 Å². The van der Waals surface area contributed by atoms with Gasteiger partial charge in [0.25, 0.3) is 5.69 Å². The quantitative estimate of drug-likeness (QED) is 0.349. The first kappa shape index (κ1) is 22.0. The Morgan fingerprint density at radius 3 is 2.41 bits per heavy atom. The summed E-state index contributed by atoms with van der Waals surface area (Å²) in [5, 5.41) is 13.5. The summed E-state index contributed by atoms with van der Waals surface area (Å²) in [6.45, 7) is -0.187. The molecule has 0 saturated carbocycles. The van der Waals surface area contributed by atoms with Gasteiger partial charge in [0.2, 0.25) is 15.9 Å². The summed E-state index contributed by atoms with van der Waals surface area (Å²) < 4.78 is 35.4. The molecule has 156 valence electrons. The lowest BCUT2D eigenvalue weighted by Crippen LogP contribution is -2.41. The molecule has 0 spiro atoms. The van der Waals surface area contributed by atoms with E-state index in [2.05, 4.69) is 5.32 Å².